The molecule has 1 saturated heterocycles. The van der Waals surface area contributed by atoms with E-state index in [-0.39, 0.29) is 0 Å². The monoisotopic (exact) mass is 206 g/mol. The summed E-state index contributed by atoms with van der Waals surface area (Å²) in [6.45, 7) is 9.66. The Hall–Kier alpha value is -0.530. The first-order valence-electron chi connectivity index (χ1n) is 6.39. The third-order valence-electron chi connectivity index (χ3n) is 5.43. The van der Waals surface area contributed by atoms with Gasteiger partial charge in [-0.3, -0.25) is 4.99 Å². The standard InChI is InChI=1S/C13H22N2/c1-12(2)10-6-7-13(12,3)15-9-5-4-8-14-11(10)15/h10H,4-9H2,1-3H3/t10-,13-/m1/s1. The summed E-state index contributed by atoms with van der Waals surface area (Å²) in [7, 11) is 0. The van der Waals surface area contributed by atoms with Crippen LogP contribution < -0.4 is 0 Å². The van der Waals surface area contributed by atoms with Crippen LogP contribution in [0.2, 0.25) is 0 Å². The second-order valence-electron chi connectivity index (χ2n) is 6.19. The van der Waals surface area contributed by atoms with Gasteiger partial charge in [-0.2, -0.15) is 0 Å². The van der Waals surface area contributed by atoms with Gasteiger partial charge in [-0.15, -0.1) is 0 Å². The van der Waals surface area contributed by atoms with E-state index in [9.17, 15) is 0 Å². The summed E-state index contributed by atoms with van der Waals surface area (Å²) in [5.74, 6) is 2.19. The highest BCUT2D eigenvalue weighted by Crippen LogP contribution is 2.60. The van der Waals surface area contributed by atoms with E-state index in [1.807, 2.05) is 0 Å². The lowest BCUT2D eigenvalue weighted by Gasteiger charge is -2.42. The van der Waals surface area contributed by atoms with E-state index < -0.39 is 0 Å². The van der Waals surface area contributed by atoms with Gasteiger partial charge in [0.2, 0.25) is 0 Å². The molecular weight excluding hydrogens is 184 g/mol. The van der Waals surface area contributed by atoms with Crippen LogP contribution in [0.15, 0.2) is 4.99 Å². The van der Waals surface area contributed by atoms with Crippen LogP contribution in [0, 0.1) is 11.3 Å². The summed E-state index contributed by atoms with van der Waals surface area (Å²) in [6, 6.07) is 0. The highest BCUT2D eigenvalue weighted by molar-refractivity contribution is 5.90. The molecule has 2 atom stereocenters. The number of hydrogen-bond donors (Lipinski definition) is 0. The third kappa shape index (κ3) is 0.982. The fraction of sp³-hybridized carbons (Fsp3) is 0.923. The molecule has 0 amide bonds. The lowest BCUT2D eigenvalue weighted by Crippen LogP contribution is -2.49. The maximum Gasteiger partial charge on any atom is 0.103 e. The Kier molecular flexibility index (Phi) is 1.79. The van der Waals surface area contributed by atoms with E-state index in [4.69, 9.17) is 4.99 Å². The molecule has 0 N–H and O–H groups in total. The zero-order chi connectivity index (χ0) is 10.7. The first-order valence-corrected chi connectivity index (χ1v) is 6.39. The molecule has 0 aromatic heterocycles. The number of piperidine rings is 1. The molecule has 0 spiro atoms. The van der Waals surface area contributed by atoms with Gasteiger partial charge in [0.15, 0.2) is 0 Å². The van der Waals surface area contributed by atoms with E-state index in [1.54, 1.807) is 0 Å². The van der Waals surface area contributed by atoms with E-state index in [0.29, 0.717) is 11.0 Å². The van der Waals surface area contributed by atoms with Crippen LogP contribution in [0.1, 0.15) is 46.5 Å². The van der Waals surface area contributed by atoms with Gasteiger partial charge < -0.3 is 4.90 Å². The summed E-state index contributed by atoms with van der Waals surface area (Å²) in [5.41, 5.74) is 0.823. The Balaban J connectivity index is 2.08. The van der Waals surface area contributed by atoms with E-state index in [0.717, 1.165) is 12.5 Å². The minimum atomic E-state index is 0.390. The lowest BCUT2D eigenvalue weighted by atomic mass is 9.75. The zero-order valence-electron chi connectivity index (χ0n) is 10.2. The van der Waals surface area contributed by atoms with Gasteiger partial charge in [0, 0.05) is 24.5 Å². The molecule has 1 saturated carbocycles. The summed E-state index contributed by atoms with van der Waals surface area (Å²) in [4.78, 5) is 7.50. The second-order valence-corrected chi connectivity index (χ2v) is 6.19. The molecular formula is C13H22N2. The first kappa shape index (κ1) is 9.68. The summed E-state index contributed by atoms with van der Waals surface area (Å²) in [6.07, 6.45) is 5.33. The Bertz CT molecular complexity index is 318. The smallest absolute Gasteiger partial charge is 0.103 e. The Morgan fingerprint density at radius 1 is 1.27 bits per heavy atom. The second kappa shape index (κ2) is 2.78. The Labute approximate surface area is 92.8 Å². The fourth-order valence-corrected chi connectivity index (χ4v) is 3.99. The Morgan fingerprint density at radius 2 is 2.07 bits per heavy atom. The molecule has 2 heteroatoms. The van der Waals surface area contributed by atoms with Crippen molar-refractivity contribution in [1.82, 2.24) is 4.90 Å². The van der Waals surface area contributed by atoms with E-state index >= 15 is 0 Å². The number of hydrogen-bond acceptors (Lipinski definition) is 2. The first-order chi connectivity index (χ1) is 7.07. The normalized spacial score (nSPS) is 42.5. The van der Waals surface area contributed by atoms with Crippen molar-refractivity contribution in [3.05, 3.63) is 0 Å². The molecule has 2 heterocycles. The van der Waals surface area contributed by atoms with Crippen molar-refractivity contribution >= 4 is 5.84 Å². The van der Waals surface area contributed by atoms with Gasteiger partial charge in [0.1, 0.15) is 5.84 Å². The largest absolute Gasteiger partial charge is 0.354 e. The molecule has 15 heavy (non-hydrogen) atoms. The minimum absolute atomic E-state index is 0.390. The summed E-state index contributed by atoms with van der Waals surface area (Å²) in [5, 5.41) is 0. The van der Waals surface area contributed by atoms with Crippen molar-refractivity contribution in [3.63, 3.8) is 0 Å². The van der Waals surface area contributed by atoms with Crippen LogP contribution >= 0.6 is 0 Å². The molecule has 2 nitrogen and oxygen atoms in total. The zero-order valence-corrected chi connectivity index (χ0v) is 10.2. The van der Waals surface area contributed by atoms with Crippen LogP contribution in [-0.2, 0) is 0 Å². The molecule has 84 valence electrons. The molecule has 3 aliphatic rings. The average molecular weight is 206 g/mol. The molecule has 1 aliphatic carbocycles. The topological polar surface area (TPSA) is 15.6 Å². The molecule has 0 aromatic carbocycles. The average Bonchev–Trinajstić information content (AvgIpc) is 2.49. The predicted octanol–water partition coefficient (Wildman–Crippen LogP) is 2.69. The molecule has 2 fully saturated rings. The van der Waals surface area contributed by atoms with Gasteiger partial charge in [0.25, 0.3) is 0 Å². The fourth-order valence-electron chi connectivity index (χ4n) is 3.99. The van der Waals surface area contributed by atoms with Crippen molar-refractivity contribution in [2.45, 2.75) is 52.0 Å². The van der Waals surface area contributed by atoms with Crippen LogP contribution in [-0.4, -0.2) is 29.4 Å². The number of aliphatic imine (C=N–C) groups is 1. The molecule has 2 aliphatic heterocycles. The highest BCUT2D eigenvalue weighted by atomic mass is 15.3. The van der Waals surface area contributed by atoms with E-state index in [2.05, 4.69) is 25.7 Å². The predicted molar refractivity (Wildman–Crippen MR) is 63.2 cm³/mol. The third-order valence-corrected chi connectivity index (χ3v) is 5.43. The number of amidine groups is 1. The summed E-state index contributed by atoms with van der Waals surface area (Å²) < 4.78 is 0. The van der Waals surface area contributed by atoms with Gasteiger partial charge in [-0.05, 0) is 38.0 Å². The lowest BCUT2D eigenvalue weighted by molar-refractivity contribution is 0.110. The molecule has 0 aromatic rings. The van der Waals surface area contributed by atoms with Crippen molar-refractivity contribution in [2.75, 3.05) is 13.1 Å². The van der Waals surface area contributed by atoms with Crippen molar-refractivity contribution in [3.8, 4) is 0 Å². The molecule has 0 unspecified atom stereocenters. The maximum absolute atomic E-state index is 4.85. The van der Waals surface area contributed by atoms with Crippen LogP contribution in [0.25, 0.3) is 0 Å². The quantitative estimate of drug-likeness (QED) is 0.595. The van der Waals surface area contributed by atoms with E-state index in [1.165, 1.54) is 38.1 Å². The van der Waals surface area contributed by atoms with Crippen LogP contribution in [0.4, 0.5) is 0 Å². The molecule has 3 rings (SSSR count). The van der Waals surface area contributed by atoms with Gasteiger partial charge in [-0.1, -0.05) is 13.8 Å². The number of fused-ring (bicyclic) bond motifs is 5. The minimum Gasteiger partial charge on any atom is -0.354 e. The number of nitrogens with zero attached hydrogens (tertiary/aromatic N) is 2. The van der Waals surface area contributed by atoms with Gasteiger partial charge in [0.05, 0.1) is 0 Å². The molecule has 2 bridgehead atoms. The number of rotatable bonds is 0. The van der Waals surface area contributed by atoms with Gasteiger partial charge >= 0.3 is 0 Å². The van der Waals surface area contributed by atoms with Crippen LogP contribution in [0.5, 0.6) is 0 Å². The SMILES string of the molecule is CC1(C)[C@@H]2CC[C@@]1(C)N1CCCCN=C21. The Morgan fingerprint density at radius 3 is 2.87 bits per heavy atom. The van der Waals surface area contributed by atoms with Crippen molar-refractivity contribution < 1.29 is 0 Å². The summed E-state index contributed by atoms with van der Waals surface area (Å²) >= 11 is 0. The maximum atomic E-state index is 4.85. The highest BCUT2D eigenvalue weighted by Gasteiger charge is 2.63. The molecule has 0 radical (unpaired) electrons. The van der Waals surface area contributed by atoms with Gasteiger partial charge in [-0.25, -0.2) is 0 Å². The van der Waals surface area contributed by atoms with Crippen molar-refractivity contribution in [2.24, 2.45) is 16.3 Å². The van der Waals surface area contributed by atoms with Crippen molar-refractivity contribution in [1.29, 1.82) is 0 Å². The van der Waals surface area contributed by atoms with Crippen LogP contribution in [0.3, 0.4) is 0 Å².